The second-order valence-electron chi connectivity index (χ2n) is 4.80. The van der Waals surface area contributed by atoms with E-state index in [9.17, 15) is 9.59 Å². The largest absolute Gasteiger partial charge is 0.465 e. The van der Waals surface area contributed by atoms with Gasteiger partial charge in [-0.05, 0) is 46.3 Å². The van der Waals surface area contributed by atoms with Crippen LogP contribution in [0.1, 0.15) is 21.1 Å². The van der Waals surface area contributed by atoms with E-state index in [4.69, 9.17) is 11.6 Å². The molecule has 0 aliphatic heterocycles. The number of rotatable bonds is 3. The number of methoxy groups -OCH3 is 1. The maximum Gasteiger partial charge on any atom is 0.337 e. The average Bonchev–Trinajstić information content (AvgIpc) is 2.98. The van der Waals surface area contributed by atoms with Gasteiger partial charge in [0.25, 0.3) is 5.56 Å². The molecule has 0 aliphatic rings. The molecule has 2 heterocycles. The Morgan fingerprint density at radius 2 is 2.21 bits per heavy atom. The number of ether oxygens (including phenoxy) is 1. The van der Waals surface area contributed by atoms with Gasteiger partial charge in [-0.1, -0.05) is 11.6 Å². The van der Waals surface area contributed by atoms with Crippen LogP contribution in [0.5, 0.6) is 0 Å². The SMILES string of the molecule is COC(=O)c1ccc2c(=O)[nH]c(/C(Cl)=C/c3cc(Br)cs3)nc2c1. The molecule has 0 bridgehead atoms. The molecule has 0 saturated heterocycles. The van der Waals surface area contributed by atoms with Crippen LogP contribution in [0.25, 0.3) is 22.0 Å². The second kappa shape index (κ2) is 6.88. The quantitative estimate of drug-likeness (QED) is 0.636. The number of nitrogens with zero attached hydrogens (tertiary/aromatic N) is 1. The van der Waals surface area contributed by atoms with E-state index >= 15 is 0 Å². The highest BCUT2D eigenvalue weighted by atomic mass is 79.9. The maximum atomic E-state index is 12.2. The molecule has 122 valence electrons. The van der Waals surface area contributed by atoms with Gasteiger partial charge >= 0.3 is 5.97 Å². The summed E-state index contributed by atoms with van der Waals surface area (Å²) in [7, 11) is 1.29. The van der Waals surface area contributed by atoms with E-state index in [1.54, 1.807) is 6.08 Å². The van der Waals surface area contributed by atoms with E-state index in [0.717, 1.165) is 9.35 Å². The van der Waals surface area contributed by atoms with E-state index in [0.29, 0.717) is 21.5 Å². The molecule has 3 rings (SSSR count). The van der Waals surface area contributed by atoms with Gasteiger partial charge in [0.15, 0.2) is 5.82 Å². The predicted octanol–water partition coefficient (Wildman–Crippen LogP) is 4.27. The lowest BCUT2D eigenvalue weighted by atomic mass is 10.1. The number of aromatic nitrogens is 2. The Morgan fingerprint density at radius 1 is 1.42 bits per heavy atom. The molecule has 0 atom stereocenters. The fraction of sp³-hybridized carbons (Fsp3) is 0.0625. The van der Waals surface area contributed by atoms with Gasteiger partial charge in [0.2, 0.25) is 0 Å². The van der Waals surface area contributed by atoms with Crippen LogP contribution in [0.3, 0.4) is 0 Å². The van der Waals surface area contributed by atoms with Crippen molar-refractivity contribution in [3.8, 4) is 0 Å². The fourth-order valence-electron chi connectivity index (χ4n) is 2.09. The molecule has 0 amide bonds. The van der Waals surface area contributed by atoms with Gasteiger partial charge in [0.1, 0.15) is 0 Å². The molecule has 3 aromatic rings. The number of hydrogen-bond acceptors (Lipinski definition) is 5. The third kappa shape index (κ3) is 3.43. The zero-order valence-corrected chi connectivity index (χ0v) is 15.5. The van der Waals surface area contributed by atoms with Crippen LogP contribution in [-0.2, 0) is 4.74 Å². The third-order valence-corrected chi connectivity index (χ3v) is 5.14. The minimum atomic E-state index is -0.495. The van der Waals surface area contributed by atoms with Crippen molar-refractivity contribution in [3.63, 3.8) is 0 Å². The molecule has 0 aliphatic carbocycles. The molecule has 0 saturated carbocycles. The van der Waals surface area contributed by atoms with Crippen molar-refractivity contribution < 1.29 is 9.53 Å². The topological polar surface area (TPSA) is 72.1 Å². The highest BCUT2D eigenvalue weighted by Gasteiger charge is 2.11. The Hall–Kier alpha value is -1.96. The maximum absolute atomic E-state index is 12.2. The van der Waals surface area contributed by atoms with Crippen LogP contribution < -0.4 is 5.56 Å². The molecule has 8 heteroatoms. The van der Waals surface area contributed by atoms with E-state index < -0.39 is 5.97 Å². The summed E-state index contributed by atoms with van der Waals surface area (Å²) >= 11 is 11.2. The molecule has 0 spiro atoms. The summed E-state index contributed by atoms with van der Waals surface area (Å²) in [6, 6.07) is 6.46. The van der Waals surface area contributed by atoms with Gasteiger partial charge in [-0.3, -0.25) is 4.79 Å². The first-order valence-corrected chi connectivity index (χ1v) is 8.77. The van der Waals surface area contributed by atoms with Crippen molar-refractivity contribution >= 4 is 66.8 Å². The van der Waals surface area contributed by atoms with E-state index in [1.807, 2.05) is 11.4 Å². The first kappa shape index (κ1) is 16.9. The van der Waals surface area contributed by atoms with Gasteiger partial charge in [-0.25, -0.2) is 9.78 Å². The predicted molar refractivity (Wildman–Crippen MR) is 99.4 cm³/mol. The summed E-state index contributed by atoms with van der Waals surface area (Å²) in [5.41, 5.74) is 0.359. The van der Waals surface area contributed by atoms with Gasteiger partial charge < -0.3 is 9.72 Å². The second-order valence-corrected chi connectivity index (χ2v) is 7.06. The number of carbonyl (C=O) groups excluding carboxylic acids is 1. The number of carbonyl (C=O) groups is 1. The first-order valence-electron chi connectivity index (χ1n) is 6.72. The molecular weight excluding hydrogens is 416 g/mol. The summed E-state index contributed by atoms with van der Waals surface area (Å²) in [6.07, 6.45) is 1.71. The number of aromatic amines is 1. The van der Waals surface area contributed by atoms with Crippen molar-refractivity contribution in [2.75, 3.05) is 7.11 Å². The van der Waals surface area contributed by atoms with Crippen molar-refractivity contribution in [2.45, 2.75) is 0 Å². The van der Waals surface area contributed by atoms with Crippen molar-refractivity contribution in [1.29, 1.82) is 0 Å². The number of nitrogens with one attached hydrogen (secondary N) is 1. The molecule has 0 fully saturated rings. The Labute approximate surface area is 154 Å². The van der Waals surface area contributed by atoms with Crippen molar-refractivity contribution in [3.05, 3.63) is 60.7 Å². The molecule has 1 aromatic carbocycles. The van der Waals surface area contributed by atoms with Crippen LogP contribution in [0, 0.1) is 0 Å². The number of fused-ring (bicyclic) bond motifs is 1. The molecule has 0 radical (unpaired) electrons. The minimum Gasteiger partial charge on any atom is -0.465 e. The number of H-pyrrole nitrogens is 1. The lowest BCUT2D eigenvalue weighted by molar-refractivity contribution is 0.0601. The number of benzene rings is 1. The lowest BCUT2D eigenvalue weighted by Gasteiger charge is -2.04. The summed E-state index contributed by atoms with van der Waals surface area (Å²) in [4.78, 5) is 31.7. The van der Waals surface area contributed by atoms with Gasteiger partial charge in [-0.2, -0.15) is 0 Å². The van der Waals surface area contributed by atoms with Crippen LogP contribution in [0.4, 0.5) is 0 Å². The van der Waals surface area contributed by atoms with Gasteiger partial charge in [0.05, 0.1) is 28.6 Å². The Bertz CT molecular complexity index is 1030. The lowest BCUT2D eigenvalue weighted by Crippen LogP contribution is -2.11. The first-order chi connectivity index (χ1) is 11.5. The molecule has 1 N–H and O–H groups in total. The molecule has 5 nitrogen and oxygen atoms in total. The third-order valence-electron chi connectivity index (χ3n) is 3.21. The smallest absolute Gasteiger partial charge is 0.337 e. The van der Waals surface area contributed by atoms with Crippen molar-refractivity contribution in [1.82, 2.24) is 9.97 Å². The summed E-state index contributed by atoms with van der Waals surface area (Å²) < 4.78 is 5.63. The van der Waals surface area contributed by atoms with Gasteiger partial charge in [0, 0.05) is 14.7 Å². The summed E-state index contributed by atoms with van der Waals surface area (Å²) in [5, 5.41) is 2.59. The zero-order valence-electron chi connectivity index (χ0n) is 12.3. The van der Waals surface area contributed by atoms with Crippen molar-refractivity contribution in [2.24, 2.45) is 0 Å². The standard InChI is InChI=1S/C16H10BrClN2O3S/c1-23-16(22)8-2-3-11-13(4-8)19-14(20-15(11)21)12(18)6-10-5-9(17)7-24-10/h2-7H,1H3,(H,19,20,21)/b12-6-. The molecular formula is C16H10BrClN2O3S. The van der Waals surface area contributed by atoms with E-state index in [1.165, 1.54) is 36.6 Å². The average molecular weight is 426 g/mol. The number of halogens is 2. The van der Waals surface area contributed by atoms with Crippen LogP contribution in [0.2, 0.25) is 0 Å². The Balaban J connectivity index is 2.10. The number of esters is 1. The van der Waals surface area contributed by atoms with E-state index in [-0.39, 0.29) is 11.4 Å². The van der Waals surface area contributed by atoms with Crippen LogP contribution >= 0.6 is 38.9 Å². The number of hydrogen-bond donors (Lipinski definition) is 1. The molecule has 24 heavy (non-hydrogen) atoms. The molecule has 0 unspecified atom stereocenters. The Kier molecular flexibility index (Phi) is 4.84. The van der Waals surface area contributed by atoms with Crippen LogP contribution in [0.15, 0.2) is 38.9 Å². The van der Waals surface area contributed by atoms with Crippen LogP contribution in [-0.4, -0.2) is 23.0 Å². The zero-order chi connectivity index (χ0) is 17.3. The summed E-state index contributed by atoms with van der Waals surface area (Å²) in [6.45, 7) is 0. The molecule has 2 aromatic heterocycles. The summed E-state index contributed by atoms with van der Waals surface area (Å²) in [5.74, 6) is -0.258. The normalized spacial score (nSPS) is 11.7. The highest BCUT2D eigenvalue weighted by molar-refractivity contribution is 9.10. The van der Waals surface area contributed by atoms with Gasteiger partial charge in [-0.15, -0.1) is 11.3 Å². The highest BCUT2D eigenvalue weighted by Crippen LogP contribution is 2.26. The Morgan fingerprint density at radius 3 is 2.88 bits per heavy atom. The minimum absolute atomic E-state index is 0.237. The fourth-order valence-corrected chi connectivity index (χ4v) is 3.74. The van der Waals surface area contributed by atoms with E-state index in [2.05, 4.69) is 30.6 Å². The number of thiophene rings is 1. The monoisotopic (exact) mass is 424 g/mol.